The Kier molecular flexibility index (Phi) is 24.1. The minimum absolute atomic E-state index is 0.176. The van der Waals surface area contributed by atoms with Gasteiger partial charge in [0, 0.05) is 176 Å². The lowest BCUT2D eigenvalue weighted by Crippen LogP contribution is -2.18. The first kappa shape index (κ1) is 85.2. The molecule has 4 N–H and O–H groups in total. The Balaban J connectivity index is 0.000000122. The number of anilines is 4. The number of nitrogens with one attached hydrogen (secondary N) is 4. The van der Waals surface area contributed by atoms with Crippen molar-refractivity contribution in [3.63, 3.8) is 0 Å². The predicted octanol–water partition coefficient (Wildman–Crippen LogP) is 16.7. The SMILES string of the molecule is C#CC(=O)Nc1cc(-n2c(=O)ccc3cnc4ccc(-n5cccn5)cc4c32)ccc1C.Cc1ccc(-n2c(=O)ccc3cnc4ccc(-n5cccn5)cc4c32)cc1NC(=O)/C=C/CBr.Cc1ccc(-n2c(=O)ccc3cnc4ccc(-n5cccn5)cc4c32)cc1NC(=O)C#N.Cc1ccc(-n2c(=O)ccc3cnc4ccc(-n5cccn5)cc4c32)cc1NC(=O)N=C=S. The van der Waals surface area contributed by atoms with E-state index in [-0.39, 0.29) is 28.1 Å². The van der Waals surface area contributed by atoms with Crippen molar-refractivity contribution in [1.29, 1.82) is 5.26 Å². The average Bonchev–Trinajstić information content (AvgIpc) is 1.33. The molecule has 0 radical (unpaired) electrons. The van der Waals surface area contributed by atoms with Gasteiger partial charge in [0.15, 0.2) is 6.07 Å². The molecule has 0 aliphatic carbocycles. The molecule has 0 saturated heterocycles. The van der Waals surface area contributed by atoms with Crippen LogP contribution in [0.1, 0.15) is 22.3 Å². The summed E-state index contributed by atoms with van der Waals surface area (Å²) in [5, 5.41) is 46.0. The van der Waals surface area contributed by atoms with E-state index in [1.807, 2.05) is 204 Å². The summed E-state index contributed by atoms with van der Waals surface area (Å²) in [5.74, 6) is 0.500. The highest BCUT2D eigenvalue weighted by molar-refractivity contribution is 9.09. The van der Waals surface area contributed by atoms with Gasteiger partial charge in [0.05, 0.1) is 94.8 Å². The number of halogens is 1. The number of allylic oxidation sites excluding steroid dienone is 1. The highest BCUT2D eigenvalue weighted by Gasteiger charge is 2.21. The molecular formula is C99H69BrN22O8S. The number of hydrogen-bond acceptors (Lipinski definition) is 18. The molecule has 0 atom stereocenters. The van der Waals surface area contributed by atoms with Gasteiger partial charge >= 0.3 is 11.9 Å². The average molecular weight is 1810 g/mol. The maximum absolute atomic E-state index is 13.2. The monoisotopic (exact) mass is 1800 g/mol. The van der Waals surface area contributed by atoms with Crippen LogP contribution in [-0.2, 0) is 14.4 Å². The van der Waals surface area contributed by atoms with Crippen molar-refractivity contribution in [1.82, 2.24) is 77.3 Å². The fourth-order valence-electron chi connectivity index (χ4n) is 15.2. The van der Waals surface area contributed by atoms with Gasteiger partial charge in [-0.15, -0.1) is 11.4 Å². The number of fused-ring (bicyclic) bond motifs is 12. The van der Waals surface area contributed by atoms with Gasteiger partial charge in [-0.25, -0.2) is 23.5 Å². The van der Waals surface area contributed by atoms with Crippen LogP contribution in [0.15, 0.2) is 329 Å². The van der Waals surface area contributed by atoms with Crippen molar-refractivity contribution >= 4 is 167 Å². The summed E-state index contributed by atoms with van der Waals surface area (Å²) >= 11 is 7.77. The molecule has 131 heavy (non-hydrogen) atoms. The van der Waals surface area contributed by atoms with E-state index in [4.69, 9.17) is 11.7 Å². The second kappa shape index (κ2) is 37.1. The lowest BCUT2D eigenvalue weighted by atomic mass is 10.1. The number of pyridine rings is 8. The number of rotatable bonds is 14. The minimum Gasteiger partial charge on any atom is -0.322 e. The largest absolute Gasteiger partial charge is 0.354 e. The van der Waals surface area contributed by atoms with Crippen LogP contribution < -0.4 is 43.5 Å². The van der Waals surface area contributed by atoms with E-state index in [9.17, 15) is 38.4 Å². The molecule has 0 aliphatic rings. The number of alkyl halides is 1. The quantitative estimate of drug-likeness (QED) is 0.0149. The molecular weight excluding hydrogens is 1740 g/mol. The van der Waals surface area contributed by atoms with Gasteiger partial charge in [-0.2, -0.15) is 25.7 Å². The van der Waals surface area contributed by atoms with E-state index in [1.54, 1.807) is 147 Å². The fraction of sp³-hybridized carbons (Fsp3) is 0.0505. The summed E-state index contributed by atoms with van der Waals surface area (Å²) in [5.41, 5.74) is 16.3. The van der Waals surface area contributed by atoms with Crippen molar-refractivity contribution in [2.24, 2.45) is 4.99 Å². The number of carbonyl (C=O) groups excluding carboxylic acids is 4. The van der Waals surface area contributed by atoms with Gasteiger partial charge in [0.1, 0.15) is 0 Å². The van der Waals surface area contributed by atoms with Crippen LogP contribution in [0.25, 0.3) is 133 Å². The third-order valence-electron chi connectivity index (χ3n) is 21.5. The number of urea groups is 1. The topological polar surface area (TPSA) is 363 Å². The second-order valence-corrected chi connectivity index (χ2v) is 30.6. The number of aromatic nitrogens is 16. The van der Waals surface area contributed by atoms with Crippen LogP contribution in [0.3, 0.4) is 0 Å². The van der Waals surface area contributed by atoms with Crippen LogP contribution >= 0.6 is 28.1 Å². The number of benzene rings is 8. The van der Waals surface area contributed by atoms with Crippen molar-refractivity contribution in [2.75, 3.05) is 26.6 Å². The van der Waals surface area contributed by atoms with Crippen LogP contribution in [0.2, 0.25) is 0 Å². The van der Waals surface area contributed by atoms with E-state index >= 15 is 0 Å². The number of carbonyl (C=O) groups is 4. The molecule has 0 fully saturated rings. The Labute approximate surface area is 755 Å². The first-order valence-corrected chi connectivity index (χ1v) is 41.9. The highest BCUT2D eigenvalue weighted by Crippen LogP contribution is 2.35. The van der Waals surface area contributed by atoms with E-state index < -0.39 is 17.8 Å². The van der Waals surface area contributed by atoms with Crippen LogP contribution in [0.4, 0.5) is 27.5 Å². The van der Waals surface area contributed by atoms with Crippen molar-refractivity contribution < 1.29 is 19.2 Å². The molecule has 20 aromatic rings. The lowest BCUT2D eigenvalue weighted by molar-refractivity contribution is -0.112. The summed E-state index contributed by atoms with van der Waals surface area (Å²) in [6, 6.07) is 66.3. The molecule has 32 heteroatoms. The summed E-state index contributed by atoms with van der Waals surface area (Å²) in [6.45, 7) is 7.44. The van der Waals surface area contributed by atoms with Crippen LogP contribution in [0, 0.1) is 51.4 Å². The maximum Gasteiger partial charge on any atom is 0.354 e. The molecule has 636 valence electrons. The number of hydrogen-bond donors (Lipinski definition) is 4. The van der Waals surface area contributed by atoms with E-state index in [0.717, 1.165) is 121 Å². The van der Waals surface area contributed by atoms with Gasteiger partial charge in [-0.05, 0) is 238 Å². The Morgan fingerprint density at radius 2 is 0.687 bits per heavy atom. The van der Waals surface area contributed by atoms with Crippen molar-refractivity contribution in [2.45, 2.75) is 27.7 Å². The van der Waals surface area contributed by atoms with Crippen molar-refractivity contribution in [3.8, 4) is 63.9 Å². The van der Waals surface area contributed by atoms with Gasteiger partial charge in [-0.1, -0.05) is 46.3 Å². The normalized spacial score (nSPS) is 11.0. The Bertz CT molecular complexity index is 8210. The predicted molar refractivity (Wildman–Crippen MR) is 514 cm³/mol. The number of aryl methyl sites for hydroxylation is 4. The number of terminal acetylenes is 1. The number of nitrogens with zero attached hydrogens (tertiary/aromatic N) is 18. The maximum atomic E-state index is 13.2. The third kappa shape index (κ3) is 17.7. The Hall–Kier alpha value is -18.0. The van der Waals surface area contributed by atoms with Crippen LogP contribution in [-0.4, -0.2) is 112 Å². The Morgan fingerprint density at radius 1 is 0.397 bits per heavy atom. The number of aliphatic imine (C=N–C) groups is 1. The molecule has 0 aliphatic heterocycles. The number of isothiocyanates is 1. The zero-order chi connectivity index (χ0) is 91.1. The summed E-state index contributed by atoms with van der Waals surface area (Å²) in [6.07, 6.45) is 29.6. The van der Waals surface area contributed by atoms with Crippen LogP contribution in [0.5, 0.6) is 0 Å². The number of nitriles is 1. The zero-order valence-electron chi connectivity index (χ0n) is 69.8. The van der Waals surface area contributed by atoms with Crippen molar-refractivity contribution in [3.05, 3.63) is 369 Å². The van der Waals surface area contributed by atoms with E-state index in [2.05, 4.69) is 99.9 Å². The molecule has 0 bridgehead atoms. The standard InChI is InChI=1S/C26H20BrN5O2.C25H17N5O2.C24H16N6O2S.C24H16N6O2/c1-17-5-7-20(15-23(17)30-24(33)4-2-11-27)32-25(34)10-6-18-16-28-22-9-8-19(14-21(22)26(18)32)31-13-3-12-29-31;1-3-23(31)28-22-14-19(7-5-16(22)2)30-24(32)10-6-17-15-26-21-9-8-18(13-20(21)25(17)30)29-12-4-11-27-29;1-15-3-5-18(12-21(15)28-24(32)26-14-33)30-22(31)8-4-16-13-25-20-7-6-17(11-19(20)23(16)30)29-10-2-9-27-29;1-15-3-5-18(12-21(15)28-22(31)13-25)30-23(32)8-4-16-14-26-20-7-6-17(11-19(20)24(16)30)29-10-2-9-27-29/h2-10,12-16H,11H2,1H3,(H,30,33);1,4-15H,2H3,(H,28,31);2-13H,1H3,(H,28,32);2-12,14H,1H3,(H,28,31)/b4-2+;;;. The van der Waals surface area contributed by atoms with Gasteiger partial charge in [-0.3, -0.25) is 71.8 Å². The molecule has 12 aromatic heterocycles. The van der Waals surface area contributed by atoms with Gasteiger partial charge < -0.3 is 21.3 Å². The second-order valence-electron chi connectivity index (χ2n) is 29.7. The molecule has 20 rings (SSSR count). The summed E-state index contributed by atoms with van der Waals surface area (Å²) in [4.78, 5) is 122. The Morgan fingerprint density at radius 3 is 0.962 bits per heavy atom. The molecule has 0 spiro atoms. The van der Waals surface area contributed by atoms with Gasteiger partial charge in [0.25, 0.3) is 28.1 Å². The molecule has 5 amide bonds. The summed E-state index contributed by atoms with van der Waals surface area (Å²) < 4.78 is 13.5. The first-order valence-electron chi connectivity index (χ1n) is 40.3. The first-order chi connectivity index (χ1) is 63.7. The van der Waals surface area contributed by atoms with E-state index in [0.29, 0.717) is 61.9 Å². The zero-order valence-corrected chi connectivity index (χ0v) is 72.2. The molecule has 0 unspecified atom stereocenters. The summed E-state index contributed by atoms with van der Waals surface area (Å²) in [7, 11) is 0. The van der Waals surface area contributed by atoms with E-state index in [1.165, 1.54) is 30.3 Å². The van der Waals surface area contributed by atoms with Gasteiger partial charge in [0.2, 0.25) is 5.91 Å². The molecule has 12 heterocycles. The number of thiocarbonyl (C=S) groups is 1. The minimum atomic E-state index is -0.769. The molecule has 8 aromatic carbocycles. The molecule has 30 nitrogen and oxygen atoms in total. The smallest absolute Gasteiger partial charge is 0.322 e. The number of amides is 5. The fourth-order valence-corrected chi connectivity index (χ4v) is 15.5. The highest BCUT2D eigenvalue weighted by atomic mass is 79.9. The third-order valence-corrected chi connectivity index (χ3v) is 22.0. The lowest BCUT2D eigenvalue weighted by Gasteiger charge is -2.15. The molecule has 0 saturated carbocycles.